The molecule has 0 saturated carbocycles. The van der Waals surface area contributed by atoms with Crippen LogP contribution in [0.25, 0.3) is 11.4 Å². The molecule has 22 heavy (non-hydrogen) atoms. The fraction of sp³-hybridized carbons (Fsp3) is 0.438. The highest BCUT2D eigenvalue weighted by molar-refractivity contribution is 6.30. The summed E-state index contributed by atoms with van der Waals surface area (Å²) >= 11 is 6.03. The molecule has 0 N–H and O–H groups in total. The topological polar surface area (TPSA) is 57.0 Å². The molecule has 0 fully saturated rings. The second-order valence-corrected chi connectivity index (χ2v) is 6.48. The zero-order valence-corrected chi connectivity index (χ0v) is 14.0. The van der Waals surface area contributed by atoms with Crippen LogP contribution in [0, 0.1) is 5.41 Å². The Bertz CT molecular complexity index is 674. The summed E-state index contributed by atoms with van der Waals surface area (Å²) in [5.74, 6) is 0.287. The molecule has 0 saturated heterocycles. The summed E-state index contributed by atoms with van der Waals surface area (Å²) in [6.07, 6.45) is 0.842. The van der Waals surface area contributed by atoms with Gasteiger partial charge < -0.3 is 4.74 Å². The van der Waals surface area contributed by atoms with E-state index in [1.54, 1.807) is 12.1 Å². The highest BCUT2D eigenvalue weighted by atomic mass is 35.5. The lowest BCUT2D eigenvalue weighted by Crippen LogP contribution is -2.28. The standard InChI is InChI=1S/C16H20ClN3O2/c1-5-9-22-15-18-13(11-7-6-8-12(17)10-11)20(19-15)14(21)16(2,3)4/h6-8,10H,5,9H2,1-4H3. The number of hydrogen-bond donors (Lipinski definition) is 0. The molecule has 0 bridgehead atoms. The fourth-order valence-electron chi connectivity index (χ4n) is 1.82. The number of carbonyl (C=O) groups excluding carboxylic acids is 1. The largest absolute Gasteiger partial charge is 0.462 e. The van der Waals surface area contributed by atoms with Gasteiger partial charge in [-0.25, -0.2) is 0 Å². The van der Waals surface area contributed by atoms with Gasteiger partial charge in [-0.3, -0.25) is 4.79 Å². The van der Waals surface area contributed by atoms with Gasteiger partial charge in [-0.05, 0) is 18.6 Å². The van der Waals surface area contributed by atoms with Crippen LogP contribution in [0.3, 0.4) is 0 Å². The molecule has 6 heteroatoms. The van der Waals surface area contributed by atoms with E-state index in [2.05, 4.69) is 10.1 Å². The van der Waals surface area contributed by atoms with Gasteiger partial charge in [-0.2, -0.15) is 9.67 Å². The molecule has 0 aliphatic rings. The van der Waals surface area contributed by atoms with Crippen molar-refractivity contribution >= 4 is 17.5 Å². The van der Waals surface area contributed by atoms with E-state index in [0.29, 0.717) is 17.5 Å². The summed E-state index contributed by atoms with van der Waals surface area (Å²) in [5.41, 5.74) is 0.146. The Kier molecular flexibility index (Phi) is 4.86. The second kappa shape index (κ2) is 6.48. The van der Waals surface area contributed by atoms with Gasteiger partial charge in [-0.1, -0.05) is 51.4 Å². The van der Waals surface area contributed by atoms with Crippen molar-refractivity contribution in [1.29, 1.82) is 0 Å². The van der Waals surface area contributed by atoms with Crippen molar-refractivity contribution in [2.75, 3.05) is 6.61 Å². The summed E-state index contributed by atoms with van der Waals surface area (Å²) < 4.78 is 6.77. The Morgan fingerprint density at radius 1 is 1.36 bits per heavy atom. The molecule has 118 valence electrons. The van der Waals surface area contributed by atoms with Crippen molar-refractivity contribution < 1.29 is 9.53 Å². The maximum atomic E-state index is 12.6. The Balaban J connectivity index is 2.50. The lowest BCUT2D eigenvalue weighted by Gasteiger charge is -2.16. The molecule has 1 aromatic carbocycles. The van der Waals surface area contributed by atoms with Gasteiger partial charge in [0, 0.05) is 16.0 Å². The molecule has 0 aliphatic carbocycles. The Morgan fingerprint density at radius 3 is 2.68 bits per heavy atom. The normalized spacial score (nSPS) is 11.5. The molecule has 1 heterocycles. The Hall–Kier alpha value is -1.88. The monoisotopic (exact) mass is 321 g/mol. The molecule has 1 aromatic heterocycles. The van der Waals surface area contributed by atoms with Gasteiger partial charge in [0.1, 0.15) is 0 Å². The number of benzene rings is 1. The first kappa shape index (κ1) is 16.5. The zero-order valence-electron chi connectivity index (χ0n) is 13.3. The van der Waals surface area contributed by atoms with Crippen LogP contribution in [0.15, 0.2) is 24.3 Å². The van der Waals surface area contributed by atoms with Crippen molar-refractivity contribution in [2.45, 2.75) is 34.1 Å². The SMILES string of the molecule is CCCOc1nc(-c2cccc(Cl)c2)n(C(=O)C(C)(C)C)n1. The smallest absolute Gasteiger partial charge is 0.336 e. The quantitative estimate of drug-likeness (QED) is 0.851. The lowest BCUT2D eigenvalue weighted by molar-refractivity contribution is 0.0748. The summed E-state index contributed by atoms with van der Waals surface area (Å²) in [5, 5.41) is 4.79. The maximum absolute atomic E-state index is 12.6. The van der Waals surface area contributed by atoms with E-state index in [1.807, 2.05) is 39.8 Å². The highest BCUT2D eigenvalue weighted by Crippen LogP contribution is 2.26. The molecule has 5 nitrogen and oxygen atoms in total. The van der Waals surface area contributed by atoms with Gasteiger partial charge in [0.15, 0.2) is 5.82 Å². The third-order valence-electron chi connectivity index (χ3n) is 2.94. The summed E-state index contributed by atoms with van der Waals surface area (Å²) in [4.78, 5) is 16.9. The van der Waals surface area contributed by atoms with Crippen LogP contribution in [0.2, 0.25) is 5.02 Å². The van der Waals surface area contributed by atoms with Crippen molar-refractivity contribution in [3.05, 3.63) is 29.3 Å². The lowest BCUT2D eigenvalue weighted by atomic mass is 9.96. The van der Waals surface area contributed by atoms with Crippen LogP contribution < -0.4 is 4.74 Å². The first-order valence-corrected chi connectivity index (χ1v) is 7.61. The highest BCUT2D eigenvalue weighted by Gasteiger charge is 2.28. The first-order chi connectivity index (χ1) is 10.3. The van der Waals surface area contributed by atoms with Crippen molar-refractivity contribution in [2.24, 2.45) is 5.41 Å². The number of ether oxygens (including phenoxy) is 1. The average molecular weight is 322 g/mol. The zero-order chi connectivity index (χ0) is 16.3. The summed E-state index contributed by atoms with van der Waals surface area (Å²) in [6.45, 7) is 8.01. The van der Waals surface area contributed by atoms with Gasteiger partial charge in [0.05, 0.1) is 6.61 Å². The molecule has 2 rings (SSSR count). The van der Waals surface area contributed by atoms with Gasteiger partial charge >= 0.3 is 6.01 Å². The molecule has 0 unspecified atom stereocenters. The third-order valence-corrected chi connectivity index (χ3v) is 3.17. The van der Waals surface area contributed by atoms with E-state index < -0.39 is 5.41 Å². The molecular formula is C16H20ClN3O2. The van der Waals surface area contributed by atoms with Gasteiger partial charge in [0.25, 0.3) is 5.91 Å². The Morgan fingerprint density at radius 2 is 2.09 bits per heavy atom. The van der Waals surface area contributed by atoms with Crippen LogP contribution in [0.5, 0.6) is 6.01 Å². The molecule has 0 atom stereocenters. The van der Waals surface area contributed by atoms with Crippen LogP contribution in [0.4, 0.5) is 0 Å². The minimum Gasteiger partial charge on any atom is -0.462 e. The Labute approximate surface area is 135 Å². The maximum Gasteiger partial charge on any atom is 0.336 e. The van der Waals surface area contributed by atoms with Crippen LogP contribution >= 0.6 is 11.6 Å². The van der Waals surface area contributed by atoms with E-state index in [4.69, 9.17) is 16.3 Å². The predicted octanol–water partition coefficient (Wildman–Crippen LogP) is 4.07. The number of aromatic nitrogens is 3. The van der Waals surface area contributed by atoms with Crippen molar-refractivity contribution in [3.63, 3.8) is 0 Å². The van der Waals surface area contributed by atoms with E-state index in [9.17, 15) is 4.79 Å². The number of halogens is 1. The van der Waals surface area contributed by atoms with Crippen LogP contribution in [-0.4, -0.2) is 27.3 Å². The predicted molar refractivity (Wildman–Crippen MR) is 86.3 cm³/mol. The van der Waals surface area contributed by atoms with Crippen molar-refractivity contribution in [3.8, 4) is 17.4 Å². The number of rotatable bonds is 4. The summed E-state index contributed by atoms with van der Waals surface area (Å²) in [6, 6.07) is 7.37. The van der Waals surface area contributed by atoms with E-state index in [0.717, 1.165) is 12.0 Å². The number of nitrogens with zero attached hydrogens (tertiary/aromatic N) is 3. The molecule has 2 aromatic rings. The minimum atomic E-state index is -0.580. The van der Waals surface area contributed by atoms with E-state index in [-0.39, 0.29) is 11.9 Å². The van der Waals surface area contributed by atoms with Crippen LogP contribution in [0.1, 0.15) is 38.9 Å². The molecule has 0 amide bonds. The molecule has 0 radical (unpaired) electrons. The van der Waals surface area contributed by atoms with Crippen molar-refractivity contribution in [1.82, 2.24) is 14.8 Å². The molecule has 0 aliphatic heterocycles. The van der Waals surface area contributed by atoms with Crippen LogP contribution in [-0.2, 0) is 0 Å². The molecule has 0 spiro atoms. The molecular weight excluding hydrogens is 302 g/mol. The number of carbonyl (C=O) groups is 1. The summed E-state index contributed by atoms with van der Waals surface area (Å²) in [7, 11) is 0. The third kappa shape index (κ3) is 3.65. The number of hydrogen-bond acceptors (Lipinski definition) is 4. The average Bonchev–Trinajstić information content (AvgIpc) is 2.87. The van der Waals surface area contributed by atoms with Gasteiger partial charge in [-0.15, -0.1) is 5.10 Å². The fourth-order valence-corrected chi connectivity index (χ4v) is 2.01. The van der Waals surface area contributed by atoms with E-state index in [1.165, 1.54) is 4.68 Å². The first-order valence-electron chi connectivity index (χ1n) is 7.23. The van der Waals surface area contributed by atoms with E-state index >= 15 is 0 Å². The second-order valence-electron chi connectivity index (χ2n) is 6.04. The minimum absolute atomic E-state index is 0.152. The van der Waals surface area contributed by atoms with Gasteiger partial charge in [0.2, 0.25) is 0 Å².